The van der Waals surface area contributed by atoms with Gasteiger partial charge in [-0.2, -0.15) is 0 Å². The molecule has 1 rings (SSSR count). The summed E-state index contributed by atoms with van der Waals surface area (Å²) in [6, 6.07) is 4.35. The summed E-state index contributed by atoms with van der Waals surface area (Å²) < 4.78 is 0. The van der Waals surface area contributed by atoms with Gasteiger partial charge in [-0.25, -0.2) is 0 Å². The van der Waals surface area contributed by atoms with Gasteiger partial charge in [-0.3, -0.25) is 10.1 Å². The number of rotatable bonds is 3. The molecule has 0 fully saturated rings. The molecule has 5 heteroatoms. The number of nitro benzene ring substituents is 1. The Hall–Kier alpha value is -1.23. The lowest BCUT2D eigenvalue weighted by Crippen LogP contribution is -1.88. The fourth-order valence-electron chi connectivity index (χ4n) is 0.914. The molecule has 0 spiro atoms. The summed E-state index contributed by atoms with van der Waals surface area (Å²) in [6.45, 7) is 1.98. The van der Waals surface area contributed by atoms with Crippen molar-refractivity contribution < 1.29 is 10.0 Å². The first-order chi connectivity index (χ1) is 6.15. The molecule has 13 heavy (non-hydrogen) atoms. The van der Waals surface area contributed by atoms with Gasteiger partial charge >= 0.3 is 5.69 Å². The van der Waals surface area contributed by atoms with Crippen LogP contribution in [0.4, 0.5) is 5.69 Å². The molecule has 1 aromatic rings. The van der Waals surface area contributed by atoms with E-state index < -0.39 is 4.92 Å². The molecule has 0 unspecified atom stereocenters. The molecule has 0 aliphatic rings. The summed E-state index contributed by atoms with van der Waals surface area (Å²) >= 11 is 1.53. The van der Waals surface area contributed by atoms with Gasteiger partial charge in [0, 0.05) is 17.0 Å². The van der Waals surface area contributed by atoms with Crippen molar-refractivity contribution >= 4 is 17.4 Å². The van der Waals surface area contributed by atoms with Crippen LogP contribution in [-0.2, 0) is 0 Å². The topological polar surface area (TPSA) is 63.4 Å². The molecule has 0 heterocycles. The third-order valence-electron chi connectivity index (χ3n) is 1.45. The lowest BCUT2D eigenvalue weighted by atomic mass is 10.3. The van der Waals surface area contributed by atoms with E-state index in [1.54, 1.807) is 6.07 Å². The maximum Gasteiger partial charge on any atom is 0.310 e. The van der Waals surface area contributed by atoms with Gasteiger partial charge in [-0.05, 0) is 11.8 Å². The first kappa shape index (κ1) is 9.85. The molecule has 0 aliphatic heterocycles. The number of nitro groups is 1. The second-order valence-corrected chi connectivity index (χ2v) is 3.68. The summed E-state index contributed by atoms with van der Waals surface area (Å²) in [5.41, 5.74) is -0.250. The predicted molar refractivity (Wildman–Crippen MR) is 51.2 cm³/mol. The zero-order valence-corrected chi connectivity index (χ0v) is 7.87. The molecule has 1 N–H and O–H groups in total. The van der Waals surface area contributed by atoms with E-state index >= 15 is 0 Å². The highest BCUT2D eigenvalue weighted by Crippen LogP contribution is 2.30. The van der Waals surface area contributed by atoms with Crippen molar-refractivity contribution in [1.29, 1.82) is 0 Å². The number of hydrogen-bond acceptors (Lipinski definition) is 4. The normalized spacial score (nSPS) is 9.92. The fraction of sp³-hybridized carbons (Fsp3) is 0.250. The minimum Gasteiger partial charge on any atom is -0.502 e. The van der Waals surface area contributed by atoms with Crippen LogP contribution in [0.25, 0.3) is 0 Å². The Bertz CT molecular complexity index is 327. The fourth-order valence-corrected chi connectivity index (χ4v) is 1.61. The van der Waals surface area contributed by atoms with Crippen molar-refractivity contribution in [3.63, 3.8) is 0 Å². The molecule has 0 saturated carbocycles. The van der Waals surface area contributed by atoms with E-state index in [9.17, 15) is 15.2 Å². The molecule has 0 bridgehead atoms. The number of benzene rings is 1. The smallest absolute Gasteiger partial charge is 0.310 e. The van der Waals surface area contributed by atoms with E-state index in [1.165, 1.54) is 23.9 Å². The molecule has 0 saturated heterocycles. The highest BCUT2D eigenvalue weighted by Gasteiger charge is 2.12. The Morgan fingerprint density at radius 2 is 2.31 bits per heavy atom. The van der Waals surface area contributed by atoms with E-state index in [-0.39, 0.29) is 11.4 Å². The van der Waals surface area contributed by atoms with Crippen LogP contribution in [0.5, 0.6) is 5.75 Å². The number of thioether (sulfide) groups is 1. The minimum atomic E-state index is -0.601. The van der Waals surface area contributed by atoms with E-state index in [2.05, 4.69) is 0 Å². The summed E-state index contributed by atoms with van der Waals surface area (Å²) in [5, 5.41) is 19.6. The van der Waals surface area contributed by atoms with Crippen molar-refractivity contribution in [1.82, 2.24) is 0 Å². The van der Waals surface area contributed by atoms with Gasteiger partial charge in [0.25, 0.3) is 0 Å². The van der Waals surface area contributed by atoms with Crippen LogP contribution in [0.15, 0.2) is 23.1 Å². The van der Waals surface area contributed by atoms with Crippen LogP contribution in [-0.4, -0.2) is 15.8 Å². The summed E-state index contributed by atoms with van der Waals surface area (Å²) in [7, 11) is 0. The quantitative estimate of drug-likeness (QED) is 0.461. The first-order valence-corrected chi connectivity index (χ1v) is 4.74. The van der Waals surface area contributed by atoms with Crippen molar-refractivity contribution in [3.05, 3.63) is 28.3 Å². The zero-order chi connectivity index (χ0) is 9.84. The molecule has 0 atom stereocenters. The van der Waals surface area contributed by atoms with Crippen LogP contribution in [0.1, 0.15) is 6.92 Å². The van der Waals surface area contributed by atoms with Gasteiger partial charge in [-0.15, -0.1) is 11.8 Å². The van der Waals surface area contributed by atoms with Crippen molar-refractivity contribution in [2.75, 3.05) is 5.75 Å². The Balaban J connectivity index is 2.98. The second-order valence-electron chi connectivity index (χ2n) is 2.34. The van der Waals surface area contributed by atoms with Crippen LogP contribution >= 0.6 is 11.8 Å². The van der Waals surface area contributed by atoms with Gasteiger partial charge in [0.2, 0.25) is 0 Å². The molecular formula is C8H9NO3S. The first-order valence-electron chi connectivity index (χ1n) is 3.75. The number of aromatic hydroxyl groups is 1. The van der Waals surface area contributed by atoms with Crippen LogP contribution in [0.3, 0.4) is 0 Å². The predicted octanol–water partition coefficient (Wildman–Crippen LogP) is 2.41. The Kier molecular flexibility index (Phi) is 3.13. The van der Waals surface area contributed by atoms with Crippen molar-refractivity contribution in [3.8, 4) is 5.75 Å². The number of phenols is 1. The number of hydrogen-bond donors (Lipinski definition) is 1. The van der Waals surface area contributed by atoms with E-state index in [0.717, 1.165) is 10.6 Å². The van der Waals surface area contributed by atoms with Gasteiger partial charge in [0.05, 0.1) is 4.92 Å². The van der Waals surface area contributed by atoms with Crippen LogP contribution in [0, 0.1) is 10.1 Å². The Morgan fingerprint density at radius 1 is 1.62 bits per heavy atom. The summed E-state index contributed by atoms with van der Waals surface area (Å²) in [5.74, 6) is 0.598. The second kappa shape index (κ2) is 4.13. The van der Waals surface area contributed by atoms with E-state index in [1.807, 2.05) is 6.92 Å². The highest BCUT2D eigenvalue weighted by atomic mass is 32.2. The molecule has 4 nitrogen and oxygen atoms in total. The molecule has 0 radical (unpaired) electrons. The molecule has 0 aromatic heterocycles. The van der Waals surface area contributed by atoms with E-state index in [0.29, 0.717) is 0 Å². The van der Waals surface area contributed by atoms with Crippen LogP contribution in [0.2, 0.25) is 0 Å². The third kappa shape index (κ3) is 2.35. The highest BCUT2D eigenvalue weighted by molar-refractivity contribution is 7.99. The standard InChI is InChI=1S/C8H9NO3S/c1-2-13-6-3-4-7(9(11)12)8(10)5-6/h3-5,10H,2H2,1H3. The van der Waals surface area contributed by atoms with Crippen LogP contribution < -0.4 is 0 Å². The number of phenolic OH excluding ortho intramolecular Hbond substituents is 1. The van der Waals surface area contributed by atoms with Gasteiger partial charge in [0.15, 0.2) is 5.75 Å². The molecule has 1 aromatic carbocycles. The summed E-state index contributed by atoms with van der Waals surface area (Å²) in [4.78, 5) is 10.6. The molecule has 0 amide bonds. The largest absolute Gasteiger partial charge is 0.502 e. The monoisotopic (exact) mass is 199 g/mol. The summed E-state index contributed by atoms with van der Waals surface area (Å²) in [6.07, 6.45) is 0. The molecule has 0 aliphatic carbocycles. The van der Waals surface area contributed by atoms with Crippen molar-refractivity contribution in [2.24, 2.45) is 0 Å². The maximum absolute atomic E-state index is 10.3. The minimum absolute atomic E-state index is 0.250. The zero-order valence-electron chi connectivity index (χ0n) is 7.06. The van der Waals surface area contributed by atoms with Crippen molar-refractivity contribution in [2.45, 2.75) is 11.8 Å². The number of nitrogens with zero attached hydrogens (tertiary/aromatic N) is 1. The average molecular weight is 199 g/mol. The Labute approximate surface area is 79.7 Å². The molecule has 70 valence electrons. The van der Waals surface area contributed by atoms with E-state index in [4.69, 9.17) is 0 Å². The van der Waals surface area contributed by atoms with Gasteiger partial charge in [-0.1, -0.05) is 6.92 Å². The lowest BCUT2D eigenvalue weighted by molar-refractivity contribution is -0.385. The van der Waals surface area contributed by atoms with Gasteiger partial charge in [0.1, 0.15) is 0 Å². The maximum atomic E-state index is 10.3. The lowest BCUT2D eigenvalue weighted by Gasteiger charge is -1.99. The molecular weight excluding hydrogens is 190 g/mol. The SMILES string of the molecule is CCSc1ccc([N+](=O)[O-])c(O)c1. The Morgan fingerprint density at radius 3 is 2.77 bits per heavy atom. The van der Waals surface area contributed by atoms with Gasteiger partial charge < -0.3 is 5.11 Å². The third-order valence-corrected chi connectivity index (χ3v) is 2.33. The average Bonchev–Trinajstić information content (AvgIpc) is 2.04.